The molecule has 24 heavy (non-hydrogen) atoms. The van der Waals surface area contributed by atoms with Crippen LogP contribution in [0.25, 0.3) is 0 Å². The Bertz CT molecular complexity index is 559. The summed E-state index contributed by atoms with van der Waals surface area (Å²) in [4.78, 5) is 18.0. The summed E-state index contributed by atoms with van der Waals surface area (Å²) in [6.07, 6.45) is 3.65. The molecule has 2 atom stereocenters. The Morgan fingerprint density at radius 3 is 3.00 bits per heavy atom. The molecule has 3 aliphatic heterocycles. The minimum Gasteiger partial charge on any atom is -0.377 e. The minimum atomic E-state index is -0.312. The quantitative estimate of drug-likeness (QED) is 0.837. The highest BCUT2D eigenvalue weighted by Crippen LogP contribution is 2.34. The number of hydrogen-bond acceptors (Lipinski definition) is 5. The van der Waals surface area contributed by atoms with Crippen molar-refractivity contribution in [2.24, 2.45) is 5.92 Å². The van der Waals surface area contributed by atoms with Crippen molar-refractivity contribution < 1.29 is 14.3 Å². The van der Waals surface area contributed by atoms with Crippen molar-refractivity contribution in [2.75, 3.05) is 52.5 Å². The summed E-state index contributed by atoms with van der Waals surface area (Å²) in [6.45, 7) is 6.88. The van der Waals surface area contributed by atoms with Crippen LogP contribution in [-0.4, -0.2) is 73.9 Å². The monoisotopic (exact) mass is 350 g/mol. The van der Waals surface area contributed by atoms with E-state index in [-0.39, 0.29) is 11.5 Å². The van der Waals surface area contributed by atoms with Gasteiger partial charge in [-0.3, -0.25) is 4.79 Å². The van der Waals surface area contributed by atoms with Crippen LogP contribution in [0.4, 0.5) is 0 Å². The average Bonchev–Trinajstić information content (AvgIpc) is 3.30. The summed E-state index contributed by atoms with van der Waals surface area (Å²) in [6, 6.07) is 3.83. The van der Waals surface area contributed by atoms with Crippen LogP contribution in [0.5, 0.6) is 0 Å². The van der Waals surface area contributed by atoms with Crippen molar-refractivity contribution in [2.45, 2.75) is 24.9 Å². The lowest BCUT2D eigenvalue weighted by molar-refractivity contribution is -0.0539. The third-order valence-electron chi connectivity index (χ3n) is 5.37. The summed E-state index contributed by atoms with van der Waals surface area (Å²) < 4.78 is 12.1. The molecule has 1 spiro atoms. The zero-order valence-electron chi connectivity index (χ0n) is 14.1. The molecule has 3 fully saturated rings. The third kappa shape index (κ3) is 3.52. The molecule has 3 saturated heterocycles. The molecule has 0 N–H and O–H groups in total. The zero-order valence-corrected chi connectivity index (χ0v) is 14.9. The third-order valence-corrected chi connectivity index (χ3v) is 6.23. The molecular weight excluding hydrogens is 324 g/mol. The second kappa shape index (κ2) is 7.12. The van der Waals surface area contributed by atoms with Gasteiger partial charge in [-0.2, -0.15) is 0 Å². The fourth-order valence-electron chi connectivity index (χ4n) is 4.23. The molecule has 132 valence electrons. The van der Waals surface area contributed by atoms with Crippen molar-refractivity contribution >= 4 is 17.2 Å². The number of nitrogens with zero attached hydrogens (tertiary/aromatic N) is 2. The molecule has 0 radical (unpaired) electrons. The fraction of sp³-hybridized carbons (Fsp3) is 0.722. The van der Waals surface area contributed by atoms with Gasteiger partial charge in [0.15, 0.2) is 0 Å². The molecule has 1 aromatic rings. The fourth-order valence-corrected chi connectivity index (χ4v) is 4.92. The van der Waals surface area contributed by atoms with Gasteiger partial charge < -0.3 is 19.3 Å². The van der Waals surface area contributed by atoms with Crippen LogP contribution in [0, 0.1) is 5.92 Å². The van der Waals surface area contributed by atoms with Gasteiger partial charge in [0.05, 0.1) is 31.2 Å². The maximum absolute atomic E-state index is 12.7. The van der Waals surface area contributed by atoms with Crippen molar-refractivity contribution in [3.05, 3.63) is 22.4 Å². The number of rotatable bonds is 3. The van der Waals surface area contributed by atoms with Gasteiger partial charge in [0.1, 0.15) is 5.60 Å². The van der Waals surface area contributed by atoms with E-state index in [0.717, 1.165) is 24.4 Å². The average molecular weight is 350 g/mol. The molecule has 0 aliphatic carbocycles. The summed E-state index contributed by atoms with van der Waals surface area (Å²) >= 11 is 1.50. The summed E-state index contributed by atoms with van der Waals surface area (Å²) in [5.74, 6) is 0.671. The van der Waals surface area contributed by atoms with Crippen LogP contribution >= 0.6 is 11.3 Å². The molecule has 3 aliphatic rings. The first-order valence-corrected chi connectivity index (χ1v) is 9.89. The molecule has 0 bridgehead atoms. The van der Waals surface area contributed by atoms with Crippen molar-refractivity contribution in [3.8, 4) is 0 Å². The van der Waals surface area contributed by atoms with Gasteiger partial charge in [-0.15, -0.1) is 11.3 Å². The Morgan fingerprint density at radius 2 is 2.21 bits per heavy atom. The second-order valence-electron chi connectivity index (χ2n) is 7.33. The van der Waals surface area contributed by atoms with Crippen molar-refractivity contribution in [1.82, 2.24) is 9.80 Å². The summed E-state index contributed by atoms with van der Waals surface area (Å²) in [7, 11) is 0. The topological polar surface area (TPSA) is 42.0 Å². The number of thiophene rings is 1. The molecule has 5 nitrogen and oxygen atoms in total. The Kier molecular flexibility index (Phi) is 4.90. The molecule has 0 aromatic carbocycles. The predicted octanol–water partition coefficient (Wildman–Crippen LogP) is 2.09. The van der Waals surface area contributed by atoms with Crippen molar-refractivity contribution in [1.29, 1.82) is 0 Å². The first kappa shape index (κ1) is 16.5. The maximum atomic E-state index is 12.7. The number of hydrogen-bond donors (Lipinski definition) is 0. The molecule has 4 heterocycles. The summed E-state index contributed by atoms with van der Waals surface area (Å²) in [5, 5.41) is 1.95. The van der Waals surface area contributed by atoms with Crippen LogP contribution in [0.2, 0.25) is 0 Å². The molecule has 1 aromatic heterocycles. The number of likely N-dealkylation sites (tertiary alicyclic amines) is 1. The van der Waals surface area contributed by atoms with Crippen LogP contribution < -0.4 is 0 Å². The van der Waals surface area contributed by atoms with Gasteiger partial charge in [0.25, 0.3) is 5.91 Å². The first-order valence-electron chi connectivity index (χ1n) is 9.01. The SMILES string of the molecule is O=C(c1cccs1)N1CCOCC2(CC(CN3CCCC3)CO2)C1. The van der Waals surface area contributed by atoms with E-state index >= 15 is 0 Å². The van der Waals surface area contributed by atoms with Gasteiger partial charge in [0, 0.05) is 13.1 Å². The Hall–Kier alpha value is -0.950. The van der Waals surface area contributed by atoms with Gasteiger partial charge >= 0.3 is 0 Å². The second-order valence-corrected chi connectivity index (χ2v) is 8.28. The number of amides is 1. The molecule has 4 rings (SSSR count). The van der Waals surface area contributed by atoms with Crippen LogP contribution in [0.1, 0.15) is 28.9 Å². The molecule has 6 heteroatoms. The van der Waals surface area contributed by atoms with Crippen LogP contribution in [0.15, 0.2) is 17.5 Å². The number of carbonyl (C=O) groups excluding carboxylic acids is 1. The highest BCUT2D eigenvalue weighted by molar-refractivity contribution is 7.12. The lowest BCUT2D eigenvalue weighted by Gasteiger charge is -2.31. The van der Waals surface area contributed by atoms with Gasteiger partial charge in [-0.1, -0.05) is 6.07 Å². The number of ether oxygens (including phenoxy) is 2. The Morgan fingerprint density at radius 1 is 1.33 bits per heavy atom. The standard InChI is InChI=1S/C18H26N2O3S/c21-17(16-4-3-9-24-16)20-7-8-22-14-18(13-20)10-15(12-23-18)11-19-5-1-2-6-19/h3-4,9,15H,1-2,5-8,10-14H2. The van der Waals surface area contributed by atoms with E-state index in [4.69, 9.17) is 9.47 Å². The van der Waals surface area contributed by atoms with Gasteiger partial charge in [0.2, 0.25) is 0 Å². The first-order chi connectivity index (χ1) is 11.7. The van der Waals surface area contributed by atoms with Gasteiger partial charge in [-0.25, -0.2) is 0 Å². The van der Waals surface area contributed by atoms with E-state index in [1.54, 1.807) is 0 Å². The Labute approximate surface area is 147 Å². The van der Waals surface area contributed by atoms with E-state index < -0.39 is 0 Å². The lowest BCUT2D eigenvalue weighted by atomic mass is 9.94. The molecule has 1 amide bonds. The molecule has 0 saturated carbocycles. The molecular formula is C18H26N2O3S. The van der Waals surface area contributed by atoms with E-state index in [9.17, 15) is 4.79 Å². The van der Waals surface area contributed by atoms with Gasteiger partial charge in [-0.05, 0) is 49.7 Å². The predicted molar refractivity (Wildman–Crippen MR) is 93.5 cm³/mol. The zero-order chi connectivity index (χ0) is 16.4. The van der Waals surface area contributed by atoms with E-state index in [2.05, 4.69) is 4.90 Å². The van der Waals surface area contributed by atoms with E-state index in [0.29, 0.717) is 32.2 Å². The largest absolute Gasteiger partial charge is 0.377 e. The van der Waals surface area contributed by atoms with Crippen LogP contribution in [0.3, 0.4) is 0 Å². The van der Waals surface area contributed by atoms with E-state index in [1.165, 1.54) is 37.3 Å². The maximum Gasteiger partial charge on any atom is 0.264 e. The smallest absolute Gasteiger partial charge is 0.264 e. The van der Waals surface area contributed by atoms with Crippen molar-refractivity contribution in [3.63, 3.8) is 0 Å². The Balaban J connectivity index is 1.41. The normalized spacial score (nSPS) is 31.7. The molecule has 2 unspecified atom stereocenters. The van der Waals surface area contributed by atoms with Crippen LogP contribution in [-0.2, 0) is 9.47 Å². The van der Waals surface area contributed by atoms with E-state index in [1.807, 2.05) is 22.4 Å². The summed E-state index contributed by atoms with van der Waals surface area (Å²) in [5.41, 5.74) is -0.312. The minimum absolute atomic E-state index is 0.112. The number of carbonyl (C=O) groups is 1. The highest BCUT2D eigenvalue weighted by atomic mass is 32.1. The highest BCUT2D eigenvalue weighted by Gasteiger charge is 2.44. The lowest BCUT2D eigenvalue weighted by Crippen LogP contribution is -2.46.